The van der Waals surface area contributed by atoms with Crippen LogP contribution in [0.3, 0.4) is 0 Å². The van der Waals surface area contributed by atoms with Crippen LogP contribution in [0.25, 0.3) is 21.9 Å². The fourth-order valence-corrected chi connectivity index (χ4v) is 4.85. The summed E-state index contributed by atoms with van der Waals surface area (Å²) < 4.78 is 0. The summed E-state index contributed by atoms with van der Waals surface area (Å²) in [6.07, 6.45) is 7.98. The summed E-state index contributed by atoms with van der Waals surface area (Å²) in [5, 5.41) is 2.31. The molecule has 136 valence electrons. The molecule has 1 N–H and O–H groups in total. The van der Waals surface area contributed by atoms with Gasteiger partial charge in [-0.05, 0) is 37.0 Å². The lowest BCUT2D eigenvalue weighted by atomic mass is 9.81. The normalized spacial score (nSPS) is 19.3. The van der Waals surface area contributed by atoms with Gasteiger partial charge in [-0.25, -0.2) is 9.97 Å². The Labute approximate surface area is 162 Å². The van der Waals surface area contributed by atoms with Crippen molar-refractivity contribution >= 4 is 39.5 Å². The maximum Gasteiger partial charge on any atom is 0.142 e. The van der Waals surface area contributed by atoms with Gasteiger partial charge < -0.3 is 9.88 Å². The summed E-state index contributed by atoms with van der Waals surface area (Å²) in [4.78, 5) is 20.1. The fourth-order valence-electron chi connectivity index (χ4n) is 3.81. The van der Waals surface area contributed by atoms with Crippen molar-refractivity contribution in [1.82, 2.24) is 19.9 Å². The van der Waals surface area contributed by atoms with E-state index in [9.17, 15) is 0 Å². The highest BCUT2D eigenvalue weighted by Gasteiger charge is 2.33. The summed E-state index contributed by atoms with van der Waals surface area (Å²) in [6, 6.07) is 13.2. The van der Waals surface area contributed by atoms with Gasteiger partial charge in [-0.3, -0.25) is 4.98 Å². The number of aromatic nitrogens is 4. The number of H-pyrrole nitrogens is 1. The molecule has 0 bridgehead atoms. The Balaban J connectivity index is 1.20. The number of para-hydroxylation sites is 1. The predicted octanol–water partition coefficient (Wildman–Crippen LogP) is 4.51. The summed E-state index contributed by atoms with van der Waals surface area (Å²) in [5.74, 6) is 2.92. The van der Waals surface area contributed by atoms with Gasteiger partial charge in [-0.1, -0.05) is 18.2 Å². The van der Waals surface area contributed by atoms with Gasteiger partial charge in [0.1, 0.15) is 17.8 Å². The van der Waals surface area contributed by atoms with E-state index in [2.05, 4.69) is 62.2 Å². The molecule has 1 saturated carbocycles. The molecule has 1 aliphatic rings. The molecule has 6 heteroatoms. The Hall–Kier alpha value is -2.60. The Morgan fingerprint density at radius 3 is 2.96 bits per heavy atom. The van der Waals surface area contributed by atoms with Crippen molar-refractivity contribution < 1.29 is 0 Å². The van der Waals surface area contributed by atoms with Crippen molar-refractivity contribution in [2.24, 2.45) is 5.92 Å². The number of rotatable bonds is 5. The van der Waals surface area contributed by atoms with Crippen LogP contribution < -0.4 is 4.90 Å². The van der Waals surface area contributed by atoms with Crippen LogP contribution in [0.2, 0.25) is 0 Å². The van der Waals surface area contributed by atoms with E-state index in [-0.39, 0.29) is 0 Å². The Morgan fingerprint density at radius 1 is 1.15 bits per heavy atom. The zero-order chi connectivity index (χ0) is 18.2. The van der Waals surface area contributed by atoms with E-state index in [1.165, 1.54) is 23.1 Å². The van der Waals surface area contributed by atoms with Crippen molar-refractivity contribution in [3.05, 3.63) is 55.1 Å². The third kappa shape index (κ3) is 3.14. The van der Waals surface area contributed by atoms with Gasteiger partial charge in [0.2, 0.25) is 0 Å². The largest absolute Gasteiger partial charge is 0.356 e. The molecule has 1 fully saturated rings. The number of fused-ring (bicyclic) bond motifs is 2. The van der Waals surface area contributed by atoms with E-state index in [1.54, 1.807) is 6.33 Å². The minimum absolute atomic E-state index is 0.554. The van der Waals surface area contributed by atoms with Crippen LogP contribution in [0.15, 0.2) is 60.0 Å². The second-order valence-corrected chi connectivity index (χ2v) is 8.31. The zero-order valence-corrected chi connectivity index (χ0v) is 16.0. The highest BCUT2D eigenvalue weighted by atomic mass is 32.2. The lowest BCUT2D eigenvalue weighted by Crippen LogP contribution is -2.43. The highest BCUT2D eigenvalue weighted by Crippen LogP contribution is 2.38. The van der Waals surface area contributed by atoms with Crippen LogP contribution in [0, 0.1) is 5.92 Å². The first-order valence-corrected chi connectivity index (χ1v) is 10.2. The zero-order valence-electron chi connectivity index (χ0n) is 15.2. The maximum atomic E-state index is 4.56. The molecule has 3 aromatic heterocycles. The first-order chi connectivity index (χ1) is 13.3. The second kappa shape index (κ2) is 6.85. The first kappa shape index (κ1) is 16.6. The Bertz CT molecular complexity index is 1090. The monoisotopic (exact) mass is 375 g/mol. The molecule has 0 aliphatic heterocycles. The molecule has 5 rings (SSSR count). The highest BCUT2D eigenvalue weighted by molar-refractivity contribution is 7.99. The number of nitrogens with zero attached hydrogens (tertiary/aromatic N) is 4. The van der Waals surface area contributed by atoms with Gasteiger partial charge in [0.15, 0.2) is 0 Å². The lowest BCUT2D eigenvalue weighted by molar-refractivity contribution is 0.286. The van der Waals surface area contributed by atoms with Crippen LogP contribution in [0.1, 0.15) is 12.8 Å². The van der Waals surface area contributed by atoms with Gasteiger partial charge in [-0.2, -0.15) is 0 Å². The molecule has 0 unspecified atom stereocenters. The second-order valence-electron chi connectivity index (χ2n) is 7.21. The van der Waals surface area contributed by atoms with E-state index >= 15 is 0 Å². The minimum atomic E-state index is 0.554. The summed E-state index contributed by atoms with van der Waals surface area (Å²) >= 11 is 1.92. The molecular weight excluding hydrogens is 354 g/mol. The smallest absolute Gasteiger partial charge is 0.142 e. The molecule has 27 heavy (non-hydrogen) atoms. The molecule has 3 heterocycles. The van der Waals surface area contributed by atoms with Gasteiger partial charge in [0, 0.05) is 41.5 Å². The summed E-state index contributed by atoms with van der Waals surface area (Å²) in [6.45, 7) is 0. The molecule has 1 aliphatic carbocycles. The topological polar surface area (TPSA) is 57.7 Å². The van der Waals surface area contributed by atoms with Gasteiger partial charge >= 0.3 is 0 Å². The first-order valence-electron chi connectivity index (χ1n) is 9.26. The summed E-state index contributed by atoms with van der Waals surface area (Å²) in [5.41, 5.74) is 1.97. The third-order valence-corrected chi connectivity index (χ3v) is 6.67. The van der Waals surface area contributed by atoms with Gasteiger partial charge in [0.05, 0.1) is 10.9 Å². The molecule has 0 amide bonds. The molecule has 0 radical (unpaired) electrons. The number of anilines is 1. The third-order valence-electron chi connectivity index (χ3n) is 5.48. The number of hydrogen-bond acceptors (Lipinski definition) is 5. The van der Waals surface area contributed by atoms with Crippen molar-refractivity contribution in [2.45, 2.75) is 23.8 Å². The van der Waals surface area contributed by atoms with E-state index in [1.807, 2.05) is 30.2 Å². The average molecular weight is 376 g/mol. The van der Waals surface area contributed by atoms with Crippen LogP contribution in [-0.4, -0.2) is 38.8 Å². The Morgan fingerprint density at radius 2 is 2.04 bits per heavy atom. The number of aromatic amines is 1. The molecule has 1 aromatic carbocycles. The predicted molar refractivity (Wildman–Crippen MR) is 111 cm³/mol. The molecular formula is C21H21N5S. The maximum absolute atomic E-state index is 4.56. The number of nitrogens with one attached hydrogen (secondary N) is 1. The summed E-state index contributed by atoms with van der Waals surface area (Å²) in [7, 11) is 2.15. The van der Waals surface area contributed by atoms with Gasteiger partial charge in [-0.15, -0.1) is 11.8 Å². The molecule has 5 nitrogen and oxygen atoms in total. The standard InChI is InChI=1S/C21H21N5S/c1-26(21-18-6-7-22-20(18)24-13-25-21)16-8-14(9-16)12-27-17-10-15-4-2-3-5-19(15)23-11-17/h2-7,10-11,13-14,16H,8-9,12H2,1H3,(H,22,24,25)/t14-,16+. The molecule has 4 aromatic rings. The molecule has 0 atom stereocenters. The van der Waals surface area contributed by atoms with Crippen LogP contribution in [0.4, 0.5) is 5.82 Å². The van der Waals surface area contributed by atoms with Crippen LogP contribution >= 0.6 is 11.8 Å². The molecule has 0 spiro atoms. The quantitative estimate of drug-likeness (QED) is 0.520. The lowest BCUT2D eigenvalue weighted by Gasteiger charge is -2.41. The van der Waals surface area contributed by atoms with Gasteiger partial charge in [0.25, 0.3) is 0 Å². The fraction of sp³-hybridized carbons (Fsp3) is 0.286. The van der Waals surface area contributed by atoms with Crippen molar-refractivity contribution in [3.63, 3.8) is 0 Å². The number of thioether (sulfide) groups is 1. The molecule has 0 saturated heterocycles. The van der Waals surface area contributed by atoms with Crippen molar-refractivity contribution in [1.29, 1.82) is 0 Å². The number of benzene rings is 1. The van der Waals surface area contributed by atoms with Crippen LogP contribution in [-0.2, 0) is 0 Å². The van der Waals surface area contributed by atoms with Crippen LogP contribution in [0.5, 0.6) is 0 Å². The van der Waals surface area contributed by atoms with E-state index < -0.39 is 0 Å². The van der Waals surface area contributed by atoms with Crippen molar-refractivity contribution in [2.75, 3.05) is 17.7 Å². The minimum Gasteiger partial charge on any atom is -0.356 e. The Kier molecular flexibility index (Phi) is 4.20. The average Bonchev–Trinajstić information content (AvgIpc) is 3.15. The van der Waals surface area contributed by atoms with Crippen molar-refractivity contribution in [3.8, 4) is 0 Å². The van der Waals surface area contributed by atoms with E-state index in [0.717, 1.165) is 34.0 Å². The number of hydrogen-bond donors (Lipinski definition) is 1. The number of pyridine rings is 1. The van der Waals surface area contributed by atoms with E-state index in [4.69, 9.17) is 0 Å². The van der Waals surface area contributed by atoms with E-state index in [0.29, 0.717) is 6.04 Å². The SMILES string of the molecule is CN(c1ncnc2[nH]ccc12)[C@H]1C[C@@H](CSc2cnc3ccccc3c2)C1.